The van der Waals surface area contributed by atoms with Crippen LogP contribution >= 0.6 is 0 Å². The number of hydrogen-bond acceptors (Lipinski definition) is 2. The lowest BCUT2D eigenvalue weighted by Crippen LogP contribution is -2.47. The fraction of sp³-hybridized carbons (Fsp3) is 0.500. The number of piperidine rings is 1. The van der Waals surface area contributed by atoms with E-state index in [1.807, 2.05) is 18.2 Å². The molecule has 1 aromatic rings. The van der Waals surface area contributed by atoms with Crippen molar-refractivity contribution < 1.29 is 8.42 Å². The largest absolute Gasteiger partial charge is 0.282 e. The zero-order valence-corrected chi connectivity index (χ0v) is 13.1. The van der Waals surface area contributed by atoms with Crippen LogP contribution in [0.1, 0.15) is 31.2 Å². The van der Waals surface area contributed by atoms with Gasteiger partial charge in [0.2, 0.25) is 0 Å². The highest BCUT2D eigenvalue weighted by Crippen LogP contribution is 2.25. The van der Waals surface area contributed by atoms with E-state index in [1.54, 1.807) is 8.61 Å². The summed E-state index contributed by atoms with van der Waals surface area (Å²) in [6, 6.07) is 10.2. The van der Waals surface area contributed by atoms with Gasteiger partial charge in [0.05, 0.1) is 0 Å². The van der Waals surface area contributed by atoms with Gasteiger partial charge in [0, 0.05) is 26.2 Å². The Bertz CT molecular complexity index is 604. The van der Waals surface area contributed by atoms with E-state index in [9.17, 15) is 8.42 Å². The molecule has 2 aliphatic heterocycles. The molecule has 1 fully saturated rings. The zero-order valence-electron chi connectivity index (χ0n) is 12.2. The quantitative estimate of drug-likeness (QED) is 0.861. The van der Waals surface area contributed by atoms with Gasteiger partial charge in [-0.25, -0.2) is 0 Å². The molecule has 0 bridgehead atoms. The molecule has 2 heterocycles. The molecule has 5 heteroatoms. The summed E-state index contributed by atoms with van der Waals surface area (Å²) in [4.78, 5) is 0. The zero-order chi connectivity index (χ0) is 14.7. The van der Waals surface area contributed by atoms with Gasteiger partial charge in [-0.3, -0.25) is 0 Å². The summed E-state index contributed by atoms with van der Waals surface area (Å²) in [7, 11) is -3.27. The normalized spacial score (nSPS) is 22.0. The number of hydrogen-bond donors (Lipinski definition) is 0. The second kappa shape index (κ2) is 6.30. The monoisotopic (exact) mass is 306 g/mol. The van der Waals surface area contributed by atoms with Crippen molar-refractivity contribution in [3.63, 3.8) is 0 Å². The van der Waals surface area contributed by atoms with Gasteiger partial charge < -0.3 is 0 Å². The second-order valence-electron chi connectivity index (χ2n) is 5.67. The van der Waals surface area contributed by atoms with Crippen molar-refractivity contribution >= 4 is 15.8 Å². The van der Waals surface area contributed by atoms with Crippen molar-refractivity contribution in [1.29, 1.82) is 0 Å². The first-order valence-electron chi connectivity index (χ1n) is 7.67. The van der Waals surface area contributed by atoms with Gasteiger partial charge in [0.1, 0.15) is 0 Å². The topological polar surface area (TPSA) is 40.6 Å². The number of rotatable bonds is 3. The van der Waals surface area contributed by atoms with Crippen LogP contribution in [0.15, 0.2) is 36.4 Å². The molecule has 4 nitrogen and oxygen atoms in total. The summed E-state index contributed by atoms with van der Waals surface area (Å²) >= 11 is 0. The maximum Gasteiger partial charge on any atom is 0.282 e. The molecule has 0 saturated carbocycles. The van der Waals surface area contributed by atoms with Crippen LogP contribution in [0.3, 0.4) is 0 Å². The molecular weight excluding hydrogens is 284 g/mol. The smallest absolute Gasteiger partial charge is 0.195 e. The molecule has 0 amide bonds. The first-order chi connectivity index (χ1) is 10.2. The molecule has 0 N–H and O–H groups in total. The molecule has 0 unspecified atom stereocenters. The standard InChI is InChI=1S/C16H22N2O2S/c19-21(20,17-11-5-2-6-12-17)18-13-9-16(10-14-18)15-7-3-1-4-8-15/h1,3-4,7-9H,2,5-6,10-14H2. The molecular formula is C16H22N2O2S. The van der Waals surface area contributed by atoms with Gasteiger partial charge in [0.25, 0.3) is 10.2 Å². The molecule has 3 rings (SSSR count). The molecule has 2 aliphatic rings. The Morgan fingerprint density at radius 2 is 1.57 bits per heavy atom. The van der Waals surface area contributed by atoms with E-state index in [4.69, 9.17) is 0 Å². The van der Waals surface area contributed by atoms with Crippen molar-refractivity contribution in [3.8, 4) is 0 Å². The van der Waals surface area contributed by atoms with Gasteiger partial charge in [-0.15, -0.1) is 0 Å². The van der Waals surface area contributed by atoms with Gasteiger partial charge in [-0.2, -0.15) is 17.0 Å². The fourth-order valence-corrected chi connectivity index (χ4v) is 4.66. The van der Waals surface area contributed by atoms with E-state index in [0.717, 1.165) is 25.7 Å². The average molecular weight is 306 g/mol. The Morgan fingerprint density at radius 1 is 0.857 bits per heavy atom. The van der Waals surface area contributed by atoms with Crippen LogP contribution in [0.4, 0.5) is 0 Å². The maximum absolute atomic E-state index is 12.6. The summed E-state index contributed by atoms with van der Waals surface area (Å²) in [6.07, 6.45) is 5.96. The minimum Gasteiger partial charge on any atom is -0.195 e. The predicted octanol–water partition coefficient (Wildman–Crippen LogP) is 2.51. The van der Waals surface area contributed by atoms with Crippen molar-refractivity contribution in [2.24, 2.45) is 0 Å². The Hall–Kier alpha value is -1.17. The third-order valence-electron chi connectivity index (χ3n) is 4.28. The van der Waals surface area contributed by atoms with E-state index in [0.29, 0.717) is 26.2 Å². The first kappa shape index (κ1) is 14.8. The third-order valence-corrected chi connectivity index (χ3v) is 6.29. The van der Waals surface area contributed by atoms with Crippen molar-refractivity contribution in [1.82, 2.24) is 8.61 Å². The van der Waals surface area contributed by atoms with E-state index >= 15 is 0 Å². The van der Waals surface area contributed by atoms with E-state index in [1.165, 1.54) is 11.1 Å². The Morgan fingerprint density at radius 3 is 2.19 bits per heavy atom. The van der Waals surface area contributed by atoms with Crippen molar-refractivity contribution in [2.45, 2.75) is 25.7 Å². The van der Waals surface area contributed by atoms with Crippen LogP contribution in [0, 0.1) is 0 Å². The first-order valence-corrected chi connectivity index (χ1v) is 9.07. The van der Waals surface area contributed by atoms with Crippen molar-refractivity contribution in [2.75, 3.05) is 26.2 Å². The molecule has 1 saturated heterocycles. The minimum atomic E-state index is -3.27. The fourth-order valence-electron chi connectivity index (χ4n) is 3.03. The third kappa shape index (κ3) is 3.20. The van der Waals surface area contributed by atoms with E-state index < -0.39 is 10.2 Å². The highest BCUT2D eigenvalue weighted by atomic mass is 32.2. The van der Waals surface area contributed by atoms with Crippen LogP contribution in [0.2, 0.25) is 0 Å². The van der Waals surface area contributed by atoms with Crippen LogP contribution in [0.5, 0.6) is 0 Å². The van der Waals surface area contributed by atoms with Crippen LogP contribution in [-0.2, 0) is 10.2 Å². The average Bonchev–Trinajstić information content (AvgIpc) is 2.57. The van der Waals surface area contributed by atoms with E-state index in [-0.39, 0.29) is 0 Å². The van der Waals surface area contributed by atoms with Crippen LogP contribution in [-0.4, -0.2) is 43.2 Å². The Kier molecular flexibility index (Phi) is 4.42. The predicted molar refractivity (Wildman–Crippen MR) is 85.0 cm³/mol. The molecule has 21 heavy (non-hydrogen) atoms. The molecule has 0 radical (unpaired) electrons. The highest BCUT2D eigenvalue weighted by Gasteiger charge is 2.31. The lowest BCUT2D eigenvalue weighted by atomic mass is 10.0. The molecule has 1 aromatic carbocycles. The van der Waals surface area contributed by atoms with Crippen LogP contribution < -0.4 is 0 Å². The molecule has 0 aliphatic carbocycles. The summed E-state index contributed by atoms with van der Waals surface area (Å²) in [5.74, 6) is 0. The minimum absolute atomic E-state index is 0.489. The Balaban J connectivity index is 1.71. The maximum atomic E-state index is 12.6. The second-order valence-corrected chi connectivity index (χ2v) is 7.60. The van der Waals surface area contributed by atoms with Crippen molar-refractivity contribution in [3.05, 3.63) is 42.0 Å². The van der Waals surface area contributed by atoms with Crippen LogP contribution in [0.25, 0.3) is 5.57 Å². The summed E-state index contributed by atoms with van der Waals surface area (Å²) in [5.41, 5.74) is 2.45. The van der Waals surface area contributed by atoms with Gasteiger partial charge in [-0.05, 0) is 30.4 Å². The SMILES string of the molecule is O=S(=O)(N1CC=C(c2ccccc2)CC1)N1CCCCC1. The van der Waals surface area contributed by atoms with Gasteiger partial charge in [0.15, 0.2) is 0 Å². The highest BCUT2D eigenvalue weighted by molar-refractivity contribution is 7.86. The lowest BCUT2D eigenvalue weighted by molar-refractivity contribution is 0.309. The summed E-state index contributed by atoms with van der Waals surface area (Å²) < 4.78 is 28.5. The summed E-state index contributed by atoms with van der Waals surface area (Å²) in [6.45, 7) is 2.42. The molecule has 0 atom stereocenters. The number of benzene rings is 1. The van der Waals surface area contributed by atoms with E-state index in [2.05, 4.69) is 18.2 Å². The number of nitrogens with zero attached hydrogens (tertiary/aromatic N) is 2. The van der Waals surface area contributed by atoms with Gasteiger partial charge in [-0.1, -0.05) is 42.8 Å². The van der Waals surface area contributed by atoms with Gasteiger partial charge >= 0.3 is 0 Å². The summed E-state index contributed by atoms with van der Waals surface area (Å²) in [5, 5.41) is 0. The molecule has 0 aromatic heterocycles. The molecule has 114 valence electrons. The Labute approximate surface area is 127 Å². The molecule has 0 spiro atoms. The lowest BCUT2D eigenvalue weighted by Gasteiger charge is -2.33.